The van der Waals surface area contributed by atoms with Crippen LogP contribution in [0.2, 0.25) is 0 Å². The molecule has 1 aromatic rings. The first-order chi connectivity index (χ1) is 8.08. The molecule has 0 amide bonds. The van der Waals surface area contributed by atoms with Crippen molar-refractivity contribution in [2.75, 3.05) is 19.6 Å². The normalized spacial score (nSPS) is 13.3. The highest BCUT2D eigenvalue weighted by molar-refractivity contribution is 4.92. The van der Waals surface area contributed by atoms with Gasteiger partial charge in [0.2, 0.25) is 0 Å². The van der Waals surface area contributed by atoms with Crippen molar-refractivity contribution in [1.29, 1.82) is 0 Å². The molecule has 0 bridgehead atoms. The van der Waals surface area contributed by atoms with Gasteiger partial charge in [0, 0.05) is 19.6 Å². The van der Waals surface area contributed by atoms with E-state index in [1.807, 2.05) is 18.5 Å². The van der Waals surface area contributed by atoms with E-state index in [1.54, 1.807) is 0 Å². The van der Waals surface area contributed by atoms with Crippen molar-refractivity contribution in [2.45, 2.75) is 40.3 Å². The number of likely N-dealkylation sites (N-methyl/N-ethyl adjacent to an activating group) is 1. The average molecular weight is 239 g/mol. The van der Waals surface area contributed by atoms with Gasteiger partial charge >= 0.3 is 0 Å². The minimum absolute atomic E-state index is 0.465. The third-order valence-corrected chi connectivity index (χ3v) is 3.22. The van der Waals surface area contributed by atoms with Crippen LogP contribution in [0.5, 0.6) is 0 Å². The highest BCUT2D eigenvalue weighted by Crippen LogP contribution is 1.98. The molecule has 17 heavy (non-hydrogen) atoms. The number of nitrogens with one attached hydrogen (secondary N) is 1. The maximum Gasteiger partial charge on any atom is 0.146 e. The van der Waals surface area contributed by atoms with Gasteiger partial charge in [-0.25, -0.2) is 0 Å². The summed E-state index contributed by atoms with van der Waals surface area (Å²) in [6, 6.07) is 0.465. The van der Waals surface area contributed by atoms with Crippen molar-refractivity contribution in [3.8, 4) is 0 Å². The summed E-state index contributed by atoms with van der Waals surface area (Å²) >= 11 is 0. The molecular weight excluding hydrogens is 214 g/mol. The molecule has 0 aliphatic heterocycles. The summed E-state index contributed by atoms with van der Waals surface area (Å²) < 4.78 is 2.02. The lowest BCUT2D eigenvalue weighted by Crippen LogP contribution is -2.39. The van der Waals surface area contributed by atoms with Crippen LogP contribution in [0.25, 0.3) is 0 Å². The van der Waals surface area contributed by atoms with Crippen molar-refractivity contribution in [1.82, 2.24) is 25.0 Å². The van der Waals surface area contributed by atoms with Crippen LogP contribution in [0.3, 0.4) is 0 Å². The number of aryl methyl sites for hydroxylation is 1. The number of hydrogen-bond donors (Lipinski definition) is 1. The molecule has 1 heterocycles. The highest BCUT2D eigenvalue weighted by atomic mass is 15.3. The summed E-state index contributed by atoms with van der Waals surface area (Å²) in [6.07, 6.45) is 0. The number of aromatic nitrogens is 3. The number of rotatable bonds is 7. The van der Waals surface area contributed by atoms with Crippen molar-refractivity contribution in [2.24, 2.45) is 7.05 Å². The van der Waals surface area contributed by atoms with Crippen LogP contribution in [-0.4, -0.2) is 45.3 Å². The summed E-state index contributed by atoms with van der Waals surface area (Å²) in [5.41, 5.74) is 0. The first-order valence-corrected chi connectivity index (χ1v) is 6.39. The second kappa shape index (κ2) is 6.71. The predicted octanol–water partition coefficient (Wildman–Crippen LogP) is 0.943. The summed E-state index contributed by atoms with van der Waals surface area (Å²) in [4.78, 5) is 2.42. The van der Waals surface area contributed by atoms with Gasteiger partial charge in [0.05, 0.1) is 6.54 Å². The van der Waals surface area contributed by atoms with Gasteiger partial charge in [-0.05, 0) is 26.9 Å². The van der Waals surface area contributed by atoms with Crippen molar-refractivity contribution in [3.63, 3.8) is 0 Å². The summed E-state index contributed by atoms with van der Waals surface area (Å²) in [5, 5.41) is 11.7. The second-order valence-corrected chi connectivity index (χ2v) is 4.49. The van der Waals surface area contributed by atoms with Crippen molar-refractivity contribution < 1.29 is 0 Å². The molecule has 1 aromatic heterocycles. The summed E-state index contributed by atoms with van der Waals surface area (Å²) in [5.74, 6) is 1.95. The lowest BCUT2D eigenvalue weighted by molar-refractivity contribution is 0.269. The lowest BCUT2D eigenvalue weighted by Gasteiger charge is -2.23. The smallest absolute Gasteiger partial charge is 0.146 e. The Hall–Kier alpha value is -0.940. The van der Waals surface area contributed by atoms with E-state index >= 15 is 0 Å². The third kappa shape index (κ3) is 4.09. The highest BCUT2D eigenvalue weighted by Gasteiger charge is 2.09. The molecule has 0 saturated heterocycles. The van der Waals surface area contributed by atoms with Crippen LogP contribution in [0, 0.1) is 6.92 Å². The molecule has 0 fully saturated rings. The molecule has 5 nitrogen and oxygen atoms in total. The molecule has 1 atom stereocenters. The van der Waals surface area contributed by atoms with Gasteiger partial charge in [-0.1, -0.05) is 13.8 Å². The standard InChI is InChI=1S/C12H25N5/c1-6-17(7-2)9-10(3)13-8-12-15-14-11(4)16(12)5/h10,13H,6-9H2,1-5H3. The van der Waals surface area contributed by atoms with E-state index in [4.69, 9.17) is 0 Å². The maximum absolute atomic E-state index is 4.14. The molecule has 1 unspecified atom stereocenters. The Morgan fingerprint density at radius 2 is 1.94 bits per heavy atom. The molecular formula is C12H25N5. The molecule has 5 heteroatoms. The fraction of sp³-hybridized carbons (Fsp3) is 0.833. The largest absolute Gasteiger partial charge is 0.317 e. The number of nitrogens with zero attached hydrogens (tertiary/aromatic N) is 4. The fourth-order valence-electron chi connectivity index (χ4n) is 1.80. The lowest BCUT2D eigenvalue weighted by atomic mass is 10.3. The monoisotopic (exact) mass is 239 g/mol. The maximum atomic E-state index is 4.14. The quantitative estimate of drug-likeness (QED) is 0.769. The topological polar surface area (TPSA) is 46.0 Å². The zero-order valence-corrected chi connectivity index (χ0v) is 11.7. The van der Waals surface area contributed by atoms with Gasteiger partial charge < -0.3 is 14.8 Å². The van der Waals surface area contributed by atoms with E-state index in [0.29, 0.717) is 6.04 Å². The van der Waals surface area contributed by atoms with Crippen molar-refractivity contribution in [3.05, 3.63) is 11.6 Å². The minimum atomic E-state index is 0.465. The molecule has 0 aromatic carbocycles. The molecule has 0 radical (unpaired) electrons. The van der Waals surface area contributed by atoms with E-state index in [9.17, 15) is 0 Å². The minimum Gasteiger partial charge on any atom is -0.317 e. The SMILES string of the molecule is CCN(CC)CC(C)NCc1nnc(C)n1C. The Labute approximate surface area is 104 Å². The molecule has 0 saturated carbocycles. The van der Waals surface area contributed by atoms with Gasteiger partial charge in [-0.3, -0.25) is 0 Å². The molecule has 98 valence electrons. The van der Waals surface area contributed by atoms with Crippen LogP contribution >= 0.6 is 0 Å². The van der Waals surface area contributed by atoms with E-state index in [-0.39, 0.29) is 0 Å². The zero-order chi connectivity index (χ0) is 12.8. The van der Waals surface area contributed by atoms with Crippen LogP contribution in [0.1, 0.15) is 32.4 Å². The van der Waals surface area contributed by atoms with E-state index in [2.05, 4.69) is 41.2 Å². The Kier molecular flexibility index (Phi) is 5.58. The third-order valence-electron chi connectivity index (χ3n) is 3.22. The Balaban J connectivity index is 2.37. The Morgan fingerprint density at radius 3 is 2.41 bits per heavy atom. The Bertz CT molecular complexity index is 330. The first-order valence-electron chi connectivity index (χ1n) is 6.39. The molecule has 0 spiro atoms. The number of hydrogen-bond acceptors (Lipinski definition) is 4. The van der Waals surface area contributed by atoms with Gasteiger partial charge in [0.15, 0.2) is 0 Å². The first kappa shape index (κ1) is 14.1. The zero-order valence-electron chi connectivity index (χ0n) is 11.7. The molecule has 0 aliphatic rings. The van der Waals surface area contributed by atoms with Crippen molar-refractivity contribution >= 4 is 0 Å². The van der Waals surface area contributed by atoms with Gasteiger partial charge in [-0.15, -0.1) is 10.2 Å². The van der Waals surface area contributed by atoms with Gasteiger partial charge in [0.25, 0.3) is 0 Å². The fourth-order valence-corrected chi connectivity index (χ4v) is 1.80. The average Bonchev–Trinajstić information content (AvgIpc) is 2.64. The van der Waals surface area contributed by atoms with E-state index < -0.39 is 0 Å². The molecule has 0 aliphatic carbocycles. The van der Waals surface area contributed by atoms with Crippen LogP contribution in [-0.2, 0) is 13.6 Å². The van der Waals surface area contributed by atoms with E-state index in [1.165, 1.54) is 0 Å². The molecule has 1 N–H and O–H groups in total. The summed E-state index contributed by atoms with van der Waals surface area (Å²) in [7, 11) is 2.00. The summed E-state index contributed by atoms with van der Waals surface area (Å²) in [6.45, 7) is 12.6. The van der Waals surface area contributed by atoms with Crippen LogP contribution in [0.4, 0.5) is 0 Å². The predicted molar refractivity (Wildman–Crippen MR) is 69.8 cm³/mol. The van der Waals surface area contributed by atoms with Crippen LogP contribution in [0.15, 0.2) is 0 Å². The Morgan fingerprint density at radius 1 is 1.29 bits per heavy atom. The van der Waals surface area contributed by atoms with E-state index in [0.717, 1.165) is 37.8 Å². The molecule has 1 rings (SSSR count). The van der Waals surface area contributed by atoms with Gasteiger partial charge in [-0.2, -0.15) is 0 Å². The van der Waals surface area contributed by atoms with Crippen LogP contribution < -0.4 is 5.32 Å². The van der Waals surface area contributed by atoms with Gasteiger partial charge in [0.1, 0.15) is 11.6 Å². The second-order valence-electron chi connectivity index (χ2n) is 4.49.